The van der Waals surface area contributed by atoms with Crippen molar-refractivity contribution in [2.45, 2.75) is 13.3 Å². The smallest absolute Gasteiger partial charge is 0.168 e. The van der Waals surface area contributed by atoms with Crippen LogP contribution in [-0.4, -0.2) is 30.4 Å². The molecule has 2 aliphatic heterocycles. The number of fused-ring (bicyclic) bond motifs is 2. The van der Waals surface area contributed by atoms with Crippen molar-refractivity contribution in [2.75, 3.05) is 19.7 Å². The van der Waals surface area contributed by atoms with E-state index in [1.165, 1.54) is 5.70 Å². The molecule has 2 unspecified atom stereocenters. The Kier molecular flexibility index (Phi) is 2.25. The molecule has 98 valence electrons. The van der Waals surface area contributed by atoms with E-state index in [1.807, 2.05) is 24.3 Å². The number of carbonyl (C=O) groups is 1. The third kappa shape index (κ3) is 1.41. The quantitative estimate of drug-likeness (QED) is 0.712. The predicted octanol–water partition coefficient (Wildman–Crippen LogP) is 2.33. The number of allylic oxidation sites excluding steroid dienone is 2. The fourth-order valence-corrected chi connectivity index (χ4v) is 3.72. The molecule has 1 aromatic rings. The summed E-state index contributed by atoms with van der Waals surface area (Å²) in [7, 11) is 0. The van der Waals surface area contributed by atoms with Crippen molar-refractivity contribution in [1.29, 1.82) is 0 Å². The van der Waals surface area contributed by atoms with Crippen LogP contribution in [0, 0.1) is 11.8 Å². The summed E-state index contributed by atoms with van der Waals surface area (Å²) in [5, 5.41) is 0. The molecule has 4 rings (SSSR count). The van der Waals surface area contributed by atoms with Crippen molar-refractivity contribution in [3.63, 3.8) is 0 Å². The highest BCUT2D eigenvalue weighted by molar-refractivity contribution is 6.25. The largest absolute Gasteiger partial charge is 0.491 e. The second-order valence-electron chi connectivity index (χ2n) is 5.64. The number of Topliss-reactive ketones (excluding diaryl/α,β-unsaturated/α-hetero) is 1. The molecule has 0 N–H and O–H groups in total. The van der Waals surface area contributed by atoms with Crippen molar-refractivity contribution in [3.05, 3.63) is 35.5 Å². The van der Waals surface area contributed by atoms with Gasteiger partial charge in [-0.05, 0) is 12.5 Å². The first-order valence-corrected chi connectivity index (χ1v) is 7.03. The molecule has 1 fully saturated rings. The molecule has 3 aliphatic rings. The first-order valence-electron chi connectivity index (χ1n) is 7.03. The Morgan fingerprint density at radius 1 is 1.26 bits per heavy atom. The summed E-state index contributed by atoms with van der Waals surface area (Å²) in [6.07, 6.45) is 1.11. The number of hydrogen-bond acceptors (Lipinski definition) is 3. The van der Waals surface area contributed by atoms with Gasteiger partial charge in [0.2, 0.25) is 0 Å². The summed E-state index contributed by atoms with van der Waals surface area (Å²) >= 11 is 0. The SMILES string of the molecule is CC1C(=O)C2=C3C1CCN3CCOc1ccccc12. The van der Waals surface area contributed by atoms with Gasteiger partial charge in [-0.15, -0.1) is 0 Å². The van der Waals surface area contributed by atoms with Gasteiger partial charge in [-0.2, -0.15) is 0 Å². The summed E-state index contributed by atoms with van der Waals surface area (Å²) in [5.41, 5.74) is 3.20. The fraction of sp³-hybridized carbons (Fsp3) is 0.438. The molecule has 3 nitrogen and oxygen atoms in total. The van der Waals surface area contributed by atoms with Crippen LogP contribution in [0.4, 0.5) is 0 Å². The van der Waals surface area contributed by atoms with Gasteiger partial charge in [0.15, 0.2) is 5.78 Å². The highest BCUT2D eigenvalue weighted by atomic mass is 16.5. The monoisotopic (exact) mass is 255 g/mol. The number of hydrogen-bond donors (Lipinski definition) is 0. The molecule has 2 heterocycles. The summed E-state index contributed by atoms with van der Waals surface area (Å²) in [6, 6.07) is 7.95. The molecule has 0 bridgehead atoms. The number of ether oxygens (including phenoxy) is 1. The maximum absolute atomic E-state index is 12.6. The van der Waals surface area contributed by atoms with Gasteiger partial charge in [-0.3, -0.25) is 4.79 Å². The van der Waals surface area contributed by atoms with Crippen LogP contribution in [0.2, 0.25) is 0 Å². The van der Waals surface area contributed by atoms with E-state index >= 15 is 0 Å². The van der Waals surface area contributed by atoms with E-state index in [2.05, 4.69) is 11.8 Å². The van der Waals surface area contributed by atoms with E-state index in [4.69, 9.17) is 4.74 Å². The molecule has 0 aromatic heterocycles. The minimum Gasteiger partial charge on any atom is -0.491 e. The van der Waals surface area contributed by atoms with E-state index in [0.717, 1.165) is 36.4 Å². The second-order valence-corrected chi connectivity index (χ2v) is 5.64. The van der Waals surface area contributed by atoms with Crippen LogP contribution in [0.1, 0.15) is 18.9 Å². The zero-order valence-corrected chi connectivity index (χ0v) is 11.1. The molecule has 3 heteroatoms. The molecule has 1 aromatic carbocycles. The van der Waals surface area contributed by atoms with Crippen molar-refractivity contribution in [2.24, 2.45) is 11.8 Å². The third-order valence-electron chi connectivity index (χ3n) is 4.70. The average molecular weight is 255 g/mol. The van der Waals surface area contributed by atoms with Gasteiger partial charge >= 0.3 is 0 Å². The van der Waals surface area contributed by atoms with Crippen molar-refractivity contribution in [1.82, 2.24) is 4.90 Å². The molecule has 0 amide bonds. The van der Waals surface area contributed by atoms with Crippen LogP contribution in [0.25, 0.3) is 5.57 Å². The topological polar surface area (TPSA) is 29.5 Å². The first kappa shape index (κ1) is 11.1. The zero-order valence-electron chi connectivity index (χ0n) is 11.1. The minimum absolute atomic E-state index is 0.126. The van der Waals surface area contributed by atoms with Crippen LogP contribution in [0.5, 0.6) is 5.75 Å². The lowest BCUT2D eigenvalue weighted by molar-refractivity contribution is -0.117. The van der Waals surface area contributed by atoms with Gasteiger partial charge in [0.25, 0.3) is 0 Å². The number of carbonyl (C=O) groups excluding carboxylic acids is 1. The average Bonchev–Trinajstić information content (AvgIpc) is 2.90. The summed E-state index contributed by atoms with van der Waals surface area (Å²) < 4.78 is 5.84. The molecule has 1 saturated heterocycles. The standard InChI is InChI=1S/C16H17NO2/c1-10-11-6-7-17-8-9-19-13-5-3-2-4-12(13)14(15(11)17)16(10)18/h2-5,10-11H,6-9H2,1H3. The number of para-hydroxylation sites is 1. The minimum atomic E-state index is 0.126. The summed E-state index contributed by atoms with van der Waals surface area (Å²) in [6.45, 7) is 4.73. The number of ketones is 1. The fourth-order valence-electron chi connectivity index (χ4n) is 3.72. The molecule has 1 aliphatic carbocycles. The van der Waals surface area contributed by atoms with Crippen LogP contribution in [0.15, 0.2) is 30.0 Å². The van der Waals surface area contributed by atoms with Gasteiger partial charge in [0.1, 0.15) is 12.4 Å². The van der Waals surface area contributed by atoms with Gasteiger partial charge in [0, 0.05) is 35.2 Å². The first-order chi connectivity index (χ1) is 9.27. The number of rotatable bonds is 0. The number of nitrogens with zero attached hydrogens (tertiary/aromatic N) is 1. The summed E-state index contributed by atoms with van der Waals surface area (Å²) in [4.78, 5) is 15.0. The maximum Gasteiger partial charge on any atom is 0.168 e. The molecule has 0 saturated carbocycles. The Balaban J connectivity index is 1.98. The van der Waals surface area contributed by atoms with Gasteiger partial charge in [-0.25, -0.2) is 0 Å². The van der Waals surface area contributed by atoms with Crippen molar-refractivity contribution < 1.29 is 9.53 Å². The Morgan fingerprint density at radius 3 is 3.00 bits per heavy atom. The van der Waals surface area contributed by atoms with Crippen LogP contribution in [-0.2, 0) is 4.79 Å². The molecule has 0 spiro atoms. The Labute approximate surface area is 112 Å². The normalized spacial score (nSPS) is 28.7. The van der Waals surface area contributed by atoms with Gasteiger partial charge in [0.05, 0.1) is 6.54 Å². The Morgan fingerprint density at radius 2 is 2.11 bits per heavy atom. The lowest BCUT2D eigenvalue weighted by Gasteiger charge is -2.25. The maximum atomic E-state index is 12.6. The third-order valence-corrected chi connectivity index (χ3v) is 4.70. The van der Waals surface area contributed by atoms with Crippen LogP contribution >= 0.6 is 0 Å². The highest BCUT2D eigenvalue weighted by Crippen LogP contribution is 2.48. The lowest BCUT2D eigenvalue weighted by atomic mass is 9.94. The molecular formula is C16H17NO2. The van der Waals surface area contributed by atoms with E-state index < -0.39 is 0 Å². The summed E-state index contributed by atoms with van der Waals surface area (Å²) in [5.74, 6) is 1.70. The van der Waals surface area contributed by atoms with Gasteiger partial charge < -0.3 is 9.64 Å². The van der Waals surface area contributed by atoms with Crippen molar-refractivity contribution >= 4 is 11.4 Å². The van der Waals surface area contributed by atoms with E-state index in [1.54, 1.807) is 0 Å². The van der Waals surface area contributed by atoms with Crippen molar-refractivity contribution in [3.8, 4) is 5.75 Å². The lowest BCUT2D eigenvalue weighted by Crippen LogP contribution is -2.27. The highest BCUT2D eigenvalue weighted by Gasteiger charge is 2.46. The van der Waals surface area contributed by atoms with E-state index in [0.29, 0.717) is 18.3 Å². The second kappa shape index (κ2) is 3.86. The van der Waals surface area contributed by atoms with E-state index in [9.17, 15) is 4.79 Å². The zero-order chi connectivity index (χ0) is 13.0. The van der Waals surface area contributed by atoms with E-state index in [-0.39, 0.29) is 5.92 Å². The molecule has 0 radical (unpaired) electrons. The molecular weight excluding hydrogens is 238 g/mol. The van der Waals surface area contributed by atoms with Crippen LogP contribution in [0.3, 0.4) is 0 Å². The Hall–Kier alpha value is -1.77. The Bertz CT molecular complexity index is 590. The van der Waals surface area contributed by atoms with Crippen LogP contribution < -0.4 is 4.74 Å². The van der Waals surface area contributed by atoms with Gasteiger partial charge in [-0.1, -0.05) is 25.1 Å². The molecule has 19 heavy (non-hydrogen) atoms. The molecule has 2 atom stereocenters. The number of benzene rings is 1. The predicted molar refractivity (Wildman–Crippen MR) is 72.7 cm³/mol.